The molecule has 2 unspecified atom stereocenters. The Balaban J connectivity index is 2.27. The van der Waals surface area contributed by atoms with Gasteiger partial charge in [0.2, 0.25) is 5.91 Å². The Hall–Kier alpha value is -1.08. The van der Waals surface area contributed by atoms with Gasteiger partial charge in [-0.25, -0.2) is 0 Å². The zero-order chi connectivity index (χ0) is 12.1. The van der Waals surface area contributed by atoms with E-state index in [-0.39, 0.29) is 5.91 Å². The standard InChI is InChI=1S/C12H21N3O/c1-4-10(7-13)12(16)14-8-9(2)15(3)11-5-6-11/h9-11H,4-6,8H2,1-3H3,(H,14,16). The monoisotopic (exact) mass is 223 g/mol. The number of hydrogen-bond donors (Lipinski definition) is 1. The Bertz CT molecular complexity index is 280. The Morgan fingerprint density at radius 1 is 1.62 bits per heavy atom. The van der Waals surface area contributed by atoms with Crippen molar-refractivity contribution in [3.63, 3.8) is 0 Å². The van der Waals surface area contributed by atoms with Gasteiger partial charge in [-0.15, -0.1) is 0 Å². The van der Waals surface area contributed by atoms with Crippen LogP contribution in [0.4, 0.5) is 0 Å². The van der Waals surface area contributed by atoms with Crippen LogP contribution in [0.2, 0.25) is 0 Å². The molecule has 0 saturated heterocycles. The second-order valence-electron chi connectivity index (χ2n) is 4.58. The van der Waals surface area contributed by atoms with Gasteiger partial charge in [-0.05, 0) is 33.2 Å². The first-order chi connectivity index (χ1) is 7.60. The fourth-order valence-corrected chi connectivity index (χ4v) is 1.69. The van der Waals surface area contributed by atoms with Crippen molar-refractivity contribution < 1.29 is 4.79 Å². The molecule has 0 aromatic heterocycles. The zero-order valence-corrected chi connectivity index (χ0v) is 10.4. The number of rotatable bonds is 6. The number of amides is 1. The Labute approximate surface area is 97.6 Å². The van der Waals surface area contributed by atoms with Crippen molar-refractivity contribution in [3.05, 3.63) is 0 Å². The average molecular weight is 223 g/mol. The molecule has 0 heterocycles. The van der Waals surface area contributed by atoms with Crippen LogP contribution in [0.1, 0.15) is 33.1 Å². The lowest BCUT2D eigenvalue weighted by molar-refractivity contribution is -0.123. The van der Waals surface area contributed by atoms with E-state index in [1.165, 1.54) is 12.8 Å². The molecule has 0 aliphatic heterocycles. The summed E-state index contributed by atoms with van der Waals surface area (Å²) in [7, 11) is 2.09. The topological polar surface area (TPSA) is 56.1 Å². The zero-order valence-electron chi connectivity index (χ0n) is 10.4. The summed E-state index contributed by atoms with van der Waals surface area (Å²) in [5, 5.41) is 11.6. The number of hydrogen-bond acceptors (Lipinski definition) is 3. The van der Waals surface area contributed by atoms with Crippen molar-refractivity contribution in [2.24, 2.45) is 5.92 Å². The molecule has 1 N–H and O–H groups in total. The summed E-state index contributed by atoms with van der Waals surface area (Å²) in [5.74, 6) is -0.639. The van der Waals surface area contributed by atoms with Gasteiger partial charge in [0.15, 0.2) is 0 Å². The van der Waals surface area contributed by atoms with Crippen molar-refractivity contribution in [2.45, 2.75) is 45.2 Å². The van der Waals surface area contributed by atoms with Gasteiger partial charge in [-0.3, -0.25) is 9.69 Å². The number of nitriles is 1. The van der Waals surface area contributed by atoms with Gasteiger partial charge < -0.3 is 5.32 Å². The van der Waals surface area contributed by atoms with Crippen molar-refractivity contribution >= 4 is 5.91 Å². The maximum Gasteiger partial charge on any atom is 0.237 e. The molecule has 0 bridgehead atoms. The summed E-state index contributed by atoms with van der Waals surface area (Å²) in [6.45, 7) is 4.59. The molecule has 2 atom stereocenters. The van der Waals surface area contributed by atoms with E-state index < -0.39 is 5.92 Å². The third kappa shape index (κ3) is 3.49. The van der Waals surface area contributed by atoms with Crippen LogP contribution in [-0.4, -0.2) is 36.5 Å². The van der Waals surface area contributed by atoms with E-state index in [1.807, 2.05) is 13.0 Å². The van der Waals surface area contributed by atoms with Gasteiger partial charge >= 0.3 is 0 Å². The third-order valence-electron chi connectivity index (χ3n) is 3.27. The predicted octanol–water partition coefficient (Wildman–Crippen LogP) is 1.14. The maximum atomic E-state index is 11.6. The minimum Gasteiger partial charge on any atom is -0.353 e. The molecule has 1 fully saturated rings. The first kappa shape index (κ1) is 13.0. The van der Waals surface area contributed by atoms with Gasteiger partial charge in [-0.2, -0.15) is 5.26 Å². The number of nitrogens with zero attached hydrogens (tertiary/aromatic N) is 2. The van der Waals surface area contributed by atoms with Crippen LogP contribution in [0, 0.1) is 17.2 Å². The van der Waals surface area contributed by atoms with E-state index >= 15 is 0 Å². The summed E-state index contributed by atoms with van der Waals surface area (Å²) < 4.78 is 0. The lowest BCUT2D eigenvalue weighted by Gasteiger charge is -2.24. The number of nitrogens with one attached hydrogen (secondary N) is 1. The van der Waals surface area contributed by atoms with Crippen LogP contribution in [0.15, 0.2) is 0 Å². The molecule has 90 valence electrons. The van der Waals surface area contributed by atoms with E-state index in [0.29, 0.717) is 25.0 Å². The lowest BCUT2D eigenvalue weighted by Crippen LogP contribution is -2.42. The largest absolute Gasteiger partial charge is 0.353 e. The molecule has 4 nitrogen and oxygen atoms in total. The van der Waals surface area contributed by atoms with E-state index in [4.69, 9.17) is 5.26 Å². The highest BCUT2D eigenvalue weighted by Gasteiger charge is 2.29. The van der Waals surface area contributed by atoms with E-state index in [0.717, 1.165) is 0 Å². The van der Waals surface area contributed by atoms with E-state index in [2.05, 4.69) is 24.2 Å². The predicted molar refractivity (Wildman–Crippen MR) is 62.7 cm³/mol. The molecular weight excluding hydrogens is 202 g/mol. The van der Waals surface area contributed by atoms with Gasteiger partial charge in [0, 0.05) is 18.6 Å². The van der Waals surface area contributed by atoms with Crippen molar-refractivity contribution in [1.82, 2.24) is 10.2 Å². The molecular formula is C12H21N3O. The molecule has 1 amide bonds. The Morgan fingerprint density at radius 2 is 2.25 bits per heavy atom. The van der Waals surface area contributed by atoms with Gasteiger partial charge in [0.05, 0.1) is 6.07 Å². The van der Waals surface area contributed by atoms with E-state index in [1.54, 1.807) is 0 Å². The minimum absolute atomic E-state index is 0.138. The summed E-state index contributed by atoms with van der Waals surface area (Å²) in [4.78, 5) is 13.9. The van der Waals surface area contributed by atoms with Crippen LogP contribution in [-0.2, 0) is 4.79 Å². The molecule has 1 aliphatic carbocycles. The van der Waals surface area contributed by atoms with Gasteiger partial charge in [0.1, 0.15) is 5.92 Å². The minimum atomic E-state index is -0.501. The number of carbonyl (C=O) groups excluding carboxylic acids is 1. The summed E-state index contributed by atoms with van der Waals surface area (Å²) in [6, 6.07) is 3.05. The lowest BCUT2D eigenvalue weighted by atomic mass is 10.1. The number of carbonyl (C=O) groups is 1. The van der Waals surface area contributed by atoms with Gasteiger partial charge in [0.25, 0.3) is 0 Å². The molecule has 1 saturated carbocycles. The van der Waals surface area contributed by atoms with Crippen LogP contribution in [0.5, 0.6) is 0 Å². The highest BCUT2D eigenvalue weighted by atomic mass is 16.1. The molecule has 4 heteroatoms. The second-order valence-corrected chi connectivity index (χ2v) is 4.58. The highest BCUT2D eigenvalue weighted by molar-refractivity contribution is 5.80. The Morgan fingerprint density at radius 3 is 2.69 bits per heavy atom. The van der Waals surface area contributed by atoms with Crippen LogP contribution in [0.25, 0.3) is 0 Å². The fourth-order valence-electron chi connectivity index (χ4n) is 1.69. The Kier molecular flexibility index (Phi) is 4.75. The summed E-state index contributed by atoms with van der Waals surface area (Å²) in [5.41, 5.74) is 0. The SMILES string of the molecule is CCC(C#N)C(=O)NCC(C)N(C)C1CC1. The molecule has 0 radical (unpaired) electrons. The first-order valence-corrected chi connectivity index (χ1v) is 5.99. The molecule has 1 aliphatic rings. The maximum absolute atomic E-state index is 11.6. The van der Waals surface area contributed by atoms with Crippen molar-refractivity contribution in [3.8, 4) is 6.07 Å². The average Bonchev–Trinajstić information content (AvgIpc) is 3.10. The quantitative estimate of drug-likeness (QED) is 0.734. The number of likely N-dealkylation sites (N-methyl/N-ethyl adjacent to an activating group) is 1. The normalized spacial score (nSPS) is 18.9. The second kappa shape index (κ2) is 5.86. The van der Waals surface area contributed by atoms with Gasteiger partial charge in [-0.1, -0.05) is 6.92 Å². The van der Waals surface area contributed by atoms with E-state index in [9.17, 15) is 4.79 Å². The van der Waals surface area contributed by atoms with Crippen molar-refractivity contribution in [2.75, 3.05) is 13.6 Å². The first-order valence-electron chi connectivity index (χ1n) is 5.99. The molecule has 0 aromatic rings. The fraction of sp³-hybridized carbons (Fsp3) is 0.833. The molecule has 1 rings (SSSR count). The van der Waals surface area contributed by atoms with Crippen molar-refractivity contribution in [1.29, 1.82) is 5.26 Å². The molecule has 0 aromatic carbocycles. The van der Waals surface area contributed by atoms with Crippen LogP contribution < -0.4 is 5.32 Å². The highest BCUT2D eigenvalue weighted by Crippen LogP contribution is 2.26. The smallest absolute Gasteiger partial charge is 0.237 e. The summed E-state index contributed by atoms with van der Waals surface area (Å²) >= 11 is 0. The summed E-state index contributed by atoms with van der Waals surface area (Å²) in [6.07, 6.45) is 3.12. The third-order valence-corrected chi connectivity index (χ3v) is 3.27. The molecule has 0 spiro atoms. The van der Waals surface area contributed by atoms with Crippen LogP contribution in [0.3, 0.4) is 0 Å². The molecule has 16 heavy (non-hydrogen) atoms. The van der Waals surface area contributed by atoms with Crippen LogP contribution >= 0.6 is 0 Å².